The summed E-state index contributed by atoms with van der Waals surface area (Å²) in [5, 5.41) is 14.0. The van der Waals surface area contributed by atoms with Crippen molar-refractivity contribution in [1.82, 2.24) is 10.6 Å². The minimum absolute atomic E-state index is 0.0226. The van der Waals surface area contributed by atoms with Gasteiger partial charge in [-0.15, -0.1) is 0 Å². The van der Waals surface area contributed by atoms with Crippen LogP contribution in [0.1, 0.15) is 44.1 Å². The number of carbonyl (C=O) groups excluding carboxylic acids is 2. The second-order valence-corrected chi connectivity index (χ2v) is 6.36. The molecule has 0 unspecified atom stereocenters. The molecule has 0 aliphatic carbocycles. The first-order valence-corrected chi connectivity index (χ1v) is 8.14. The second-order valence-electron chi connectivity index (χ2n) is 6.36. The summed E-state index contributed by atoms with van der Waals surface area (Å²) in [6.45, 7) is -0.309. The van der Waals surface area contributed by atoms with Crippen molar-refractivity contribution in [1.29, 1.82) is 0 Å². The minimum atomic E-state index is -1.31. The third-order valence-corrected chi connectivity index (χ3v) is 4.45. The molecule has 0 radical (unpaired) electrons. The van der Waals surface area contributed by atoms with Gasteiger partial charge in [-0.2, -0.15) is 0 Å². The first-order chi connectivity index (χ1) is 12.2. The van der Waals surface area contributed by atoms with Crippen molar-refractivity contribution >= 4 is 17.8 Å². The maximum Gasteiger partial charge on any atom is 0.303 e. The highest BCUT2D eigenvalue weighted by molar-refractivity contribution is 5.80. The molecule has 0 saturated carbocycles. The maximum atomic E-state index is 13.5. The molecule has 1 atom stereocenters. The van der Waals surface area contributed by atoms with E-state index in [-0.39, 0.29) is 50.1 Å². The van der Waals surface area contributed by atoms with Gasteiger partial charge in [0.15, 0.2) is 11.6 Å². The van der Waals surface area contributed by atoms with Gasteiger partial charge in [0, 0.05) is 43.0 Å². The zero-order valence-electron chi connectivity index (χ0n) is 13.9. The number of carboxylic acids is 1. The average molecular weight is 372 g/mol. The van der Waals surface area contributed by atoms with E-state index in [2.05, 4.69) is 10.6 Å². The van der Waals surface area contributed by atoms with Crippen LogP contribution in [0.4, 0.5) is 13.2 Å². The minimum Gasteiger partial charge on any atom is -0.481 e. The molecular formula is C17H19F3N2O4. The molecule has 1 aliphatic rings. The Labute approximate surface area is 147 Å². The van der Waals surface area contributed by atoms with Crippen molar-refractivity contribution < 1.29 is 32.7 Å². The van der Waals surface area contributed by atoms with Gasteiger partial charge in [0.25, 0.3) is 0 Å². The lowest BCUT2D eigenvalue weighted by Gasteiger charge is -2.28. The second kappa shape index (κ2) is 8.20. The number of hydrogen-bond acceptors (Lipinski definition) is 3. The highest BCUT2D eigenvalue weighted by Gasteiger charge is 2.37. The predicted molar refractivity (Wildman–Crippen MR) is 84.4 cm³/mol. The molecule has 1 heterocycles. The lowest BCUT2D eigenvalue weighted by atomic mass is 9.86. The van der Waals surface area contributed by atoms with Crippen molar-refractivity contribution in [2.24, 2.45) is 0 Å². The number of carbonyl (C=O) groups is 3. The molecule has 1 aromatic carbocycles. The van der Waals surface area contributed by atoms with Crippen LogP contribution in [0.2, 0.25) is 0 Å². The number of amides is 2. The van der Waals surface area contributed by atoms with Crippen LogP contribution in [0.15, 0.2) is 12.1 Å². The van der Waals surface area contributed by atoms with E-state index >= 15 is 0 Å². The van der Waals surface area contributed by atoms with E-state index in [0.29, 0.717) is 18.6 Å². The fourth-order valence-corrected chi connectivity index (χ4v) is 2.95. The Kier molecular flexibility index (Phi) is 6.23. The Morgan fingerprint density at radius 2 is 1.77 bits per heavy atom. The summed E-state index contributed by atoms with van der Waals surface area (Å²) in [5.41, 5.74) is -0.938. The van der Waals surface area contributed by atoms with Crippen LogP contribution in [0.3, 0.4) is 0 Å². The molecule has 1 aromatic rings. The summed E-state index contributed by atoms with van der Waals surface area (Å²) in [6.07, 6.45) is 0.982. The van der Waals surface area contributed by atoms with E-state index in [9.17, 15) is 27.6 Å². The lowest BCUT2D eigenvalue weighted by Crippen LogP contribution is -2.43. The largest absolute Gasteiger partial charge is 0.481 e. The monoisotopic (exact) mass is 372 g/mol. The summed E-state index contributed by atoms with van der Waals surface area (Å²) in [5.74, 6) is -5.15. The highest BCUT2D eigenvalue weighted by atomic mass is 19.2. The number of aliphatic carboxylic acids is 1. The van der Waals surface area contributed by atoms with Gasteiger partial charge in [-0.05, 0) is 25.3 Å². The fourth-order valence-electron chi connectivity index (χ4n) is 2.95. The third kappa shape index (κ3) is 5.21. The molecule has 1 fully saturated rings. The van der Waals surface area contributed by atoms with E-state index in [4.69, 9.17) is 5.11 Å². The summed E-state index contributed by atoms with van der Waals surface area (Å²) in [7, 11) is 0. The highest BCUT2D eigenvalue weighted by Crippen LogP contribution is 2.30. The maximum absolute atomic E-state index is 13.5. The first kappa shape index (κ1) is 19.7. The number of halogens is 3. The van der Waals surface area contributed by atoms with Crippen LogP contribution >= 0.6 is 0 Å². The van der Waals surface area contributed by atoms with Gasteiger partial charge in [0.1, 0.15) is 5.82 Å². The number of nitrogens with one attached hydrogen (secondary N) is 2. The van der Waals surface area contributed by atoms with Crippen molar-refractivity contribution in [3.8, 4) is 0 Å². The van der Waals surface area contributed by atoms with Crippen LogP contribution in [0.25, 0.3) is 0 Å². The molecule has 0 bridgehead atoms. The summed E-state index contributed by atoms with van der Waals surface area (Å²) >= 11 is 0. The smallest absolute Gasteiger partial charge is 0.303 e. The average Bonchev–Trinajstić information content (AvgIpc) is 2.95. The van der Waals surface area contributed by atoms with Gasteiger partial charge >= 0.3 is 5.97 Å². The predicted octanol–water partition coefficient (Wildman–Crippen LogP) is 2.01. The Morgan fingerprint density at radius 1 is 1.12 bits per heavy atom. The van der Waals surface area contributed by atoms with E-state index in [0.717, 1.165) is 0 Å². The molecule has 2 rings (SSSR count). The van der Waals surface area contributed by atoms with Gasteiger partial charge in [-0.25, -0.2) is 13.2 Å². The molecule has 6 nitrogen and oxygen atoms in total. The van der Waals surface area contributed by atoms with E-state index < -0.39 is 34.9 Å². The van der Waals surface area contributed by atoms with Crippen molar-refractivity contribution in [3.63, 3.8) is 0 Å². The topological polar surface area (TPSA) is 95.5 Å². The molecule has 26 heavy (non-hydrogen) atoms. The van der Waals surface area contributed by atoms with Gasteiger partial charge < -0.3 is 15.7 Å². The van der Waals surface area contributed by atoms with E-state index in [1.165, 1.54) is 0 Å². The van der Waals surface area contributed by atoms with Crippen molar-refractivity contribution in [3.05, 3.63) is 35.1 Å². The molecule has 9 heteroatoms. The normalized spacial score (nSPS) is 19.3. The molecule has 3 N–H and O–H groups in total. The number of benzene rings is 1. The first-order valence-electron chi connectivity index (χ1n) is 8.14. The van der Waals surface area contributed by atoms with Crippen LogP contribution in [-0.4, -0.2) is 28.4 Å². The van der Waals surface area contributed by atoms with Crippen LogP contribution < -0.4 is 10.6 Å². The summed E-state index contributed by atoms with van der Waals surface area (Å²) in [4.78, 5) is 34.2. The quantitative estimate of drug-likeness (QED) is 0.609. The molecule has 0 spiro atoms. The standard InChI is InChI=1S/C17H19F3N2O4/c18-11-8-13(20)12(19)7-10(11)9-21-14(23)1-4-17(6-3-16(25)26)5-2-15(24)22-17/h7-8H,1-6,9H2,(H,21,23)(H,22,24)(H,25,26)/t17-/m1/s1. The zero-order chi connectivity index (χ0) is 19.3. The van der Waals surface area contributed by atoms with Gasteiger partial charge in [0.05, 0.1) is 0 Å². The lowest BCUT2D eigenvalue weighted by molar-refractivity contribution is -0.137. The third-order valence-electron chi connectivity index (χ3n) is 4.45. The molecule has 0 aromatic heterocycles. The Hall–Kier alpha value is -2.58. The van der Waals surface area contributed by atoms with Crippen molar-refractivity contribution in [2.45, 2.75) is 50.6 Å². The van der Waals surface area contributed by atoms with Crippen LogP contribution in [0.5, 0.6) is 0 Å². The Balaban J connectivity index is 1.89. The summed E-state index contributed by atoms with van der Waals surface area (Å²) in [6, 6.07) is 1.09. The molecule has 1 aliphatic heterocycles. The fraction of sp³-hybridized carbons (Fsp3) is 0.471. The Bertz CT molecular complexity index is 726. The van der Waals surface area contributed by atoms with E-state index in [1.54, 1.807) is 0 Å². The van der Waals surface area contributed by atoms with Crippen LogP contribution in [-0.2, 0) is 20.9 Å². The number of rotatable bonds is 8. The SMILES string of the molecule is O=C(O)CC[C@@]1(CCC(=O)NCc2cc(F)c(F)cc2F)CCC(=O)N1. The van der Waals surface area contributed by atoms with Gasteiger partial charge in [-0.3, -0.25) is 14.4 Å². The van der Waals surface area contributed by atoms with Gasteiger partial charge in [0.2, 0.25) is 11.8 Å². The Morgan fingerprint density at radius 3 is 2.38 bits per heavy atom. The summed E-state index contributed by atoms with van der Waals surface area (Å²) < 4.78 is 39.5. The molecule has 142 valence electrons. The molecule has 1 saturated heterocycles. The number of carboxylic acid groups (broad SMARTS) is 1. The molecular weight excluding hydrogens is 353 g/mol. The molecule has 2 amide bonds. The zero-order valence-corrected chi connectivity index (χ0v) is 13.9. The van der Waals surface area contributed by atoms with E-state index in [1.807, 2.05) is 0 Å². The number of hydrogen-bond donors (Lipinski definition) is 3. The van der Waals surface area contributed by atoms with Gasteiger partial charge in [-0.1, -0.05) is 0 Å². The van der Waals surface area contributed by atoms with Crippen molar-refractivity contribution in [2.75, 3.05) is 0 Å². The van der Waals surface area contributed by atoms with Crippen LogP contribution in [0, 0.1) is 17.5 Å².